The van der Waals surface area contributed by atoms with Crippen molar-refractivity contribution < 1.29 is 4.79 Å². The molecule has 7 nitrogen and oxygen atoms in total. The molecule has 3 aromatic rings. The van der Waals surface area contributed by atoms with Crippen LogP contribution in [0.3, 0.4) is 0 Å². The molecule has 0 aliphatic heterocycles. The third-order valence-corrected chi connectivity index (χ3v) is 4.13. The van der Waals surface area contributed by atoms with E-state index in [2.05, 4.69) is 10.4 Å². The van der Waals surface area contributed by atoms with E-state index in [0.29, 0.717) is 5.69 Å². The van der Waals surface area contributed by atoms with E-state index in [-0.39, 0.29) is 18.8 Å². The molecule has 0 saturated carbocycles. The van der Waals surface area contributed by atoms with Crippen molar-refractivity contribution >= 4 is 5.91 Å². The van der Waals surface area contributed by atoms with Gasteiger partial charge in [0.05, 0.1) is 5.69 Å². The summed E-state index contributed by atoms with van der Waals surface area (Å²) < 4.78 is 2.10. The van der Waals surface area contributed by atoms with Crippen LogP contribution >= 0.6 is 0 Å². The van der Waals surface area contributed by atoms with Gasteiger partial charge < -0.3 is 5.32 Å². The molecule has 0 fully saturated rings. The Labute approximate surface area is 155 Å². The van der Waals surface area contributed by atoms with Gasteiger partial charge in [0.25, 0.3) is 11.5 Å². The summed E-state index contributed by atoms with van der Waals surface area (Å²) >= 11 is 0. The minimum absolute atomic E-state index is 0.144. The van der Waals surface area contributed by atoms with Gasteiger partial charge in [-0.15, -0.1) is 0 Å². The van der Waals surface area contributed by atoms with E-state index in [0.717, 1.165) is 20.4 Å². The van der Waals surface area contributed by atoms with Crippen molar-refractivity contribution in [1.82, 2.24) is 19.7 Å². The van der Waals surface area contributed by atoms with Gasteiger partial charge in [-0.05, 0) is 37.1 Å². The molecule has 0 unspecified atom stereocenters. The zero-order valence-corrected chi connectivity index (χ0v) is 15.2. The zero-order valence-electron chi connectivity index (χ0n) is 15.2. The van der Waals surface area contributed by atoms with Gasteiger partial charge >= 0.3 is 5.69 Å². The molecule has 0 saturated heterocycles. The summed E-state index contributed by atoms with van der Waals surface area (Å²) in [5, 5.41) is 6.75. The molecule has 1 amide bonds. The largest absolute Gasteiger partial charge is 0.352 e. The molecule has 1 heterocycles. The molecule has 1 aromatic heterocycles. The Morgan fingerprint density at radius 1 is 1.07 bits per heavy atom. The van der Waals surface area contributed by atoms with E-state index in [4.69, 9.17) is 0 Å². The number of rotatable bonds is 5. The fraction of sp³-hybridized carbons (Fsp3) is 0.200. The fourth-order valence-corrected chi connectivity index (χ4v) is 2.73. The first-order valence-electron chi connectivity index (χ1n) is 8.64. The fourth-order valence-electron chi connectivity index (χ4n) is 2.73. The average Bonchev–Trinajstić information content (AvgIpc) is 2.67. The van der Waals surface area contributed by atoms with Gasteiger partial charge in [0.15, 0.2) is 0 Å². The van der Waals surface area contributed by atoms with Crippen molar-refractivity contribution in [2.75, 3.05) is 0 Å². The topological polar surface area (TPSA) is 86.0 Å². The van der Waals surface area contributed by atoms with Gasteiger partial charge in [-0.25, -0.2) is 4.79 Å². The van der Waals surface area contributed by atoms with Gasteiger partial charge in [0, 0.05) is 13.1 Å². The van der Waals surface area contributed by atoms with E-state index in [9.17, 15) is 14.4 Å². The number of benzene rings is 2. The summed E-state index contributed by atoms with van der Waals surface area (Å²) in [4.78, 5) is 37.7. The summed E-state index contributed by atoms with van der Waals surface area (Å²) in [7, 11) is 0. The minimum Gasteiger partial charge on any atom is -0.346 e. The predicted molar refractivity (Wildman–Crippen MR) is 102 cm³/mol. The minimum atomic E-state index is -0.697. The van der Waals surface area contributed by atoms with E-state index in [1.807, 2.05) is 43.3 Å². The summed E-state index contributed by atoms with van der Waals surface area (Å²) in [5.41, 5.74) is 0.747. The van der Waals surface area contributed by atoms with E-state index in [1.165, 1.54) is 0 Å². The summed E-state index contributed by atoms with van der Waals surface area (Å²) in [6, 6.07) is 16.5. The van der Waals surface area contributed by atoms with Crippen molar-refractivity contribution in [1.29, 1.82) is 0 Å². The molecule has 0 aliphatic rings. The Kier molecular flexibility index (Phi) is 5.30. The first-order chi connectivity index (χ1) is 13.0. The van der Waals surface area contributed by atoms with Crippen LogP contribution in [0, 0.1) is 6.92 Å². The third-order valence-electron chi connectivity index (χ3n) is 4.13. The number of hydrogen-bond acceptors (Lipinski definition) is 4. The molecule has 138 valence electrons. The second-order valence-corrected chi connectivity index (χ2v) is 6.10. The lowest BCUT2D eigenvalue weighted by Crippen LogP contribution is -2.45. The quantitative estimate of drug-likeness (QED) is 0.746. The van der Waals surface area contributed by atoms with E-state index in [1.54, 1.807) is 25.1 Å². The molecule has 7 heteroatoms. The number of aryl methyl sites for hydroxylation is 1. The van der Waals surface area contributed by atoms with Gasteiger partial charge in [0.1, 0.15) is 0 Å². The Bertz CT molecular complexity index is 1080. The summed E-state index contributed by atoms with van der Waals surface area (Å²) in [6.45, 7) is 3.97. The predicted octanol–water partition coefficient (Wildman–Crippen LogP) is 1.65. The van der Waals surface area contributed by atoms with Crippen molar-refractivity contribution in [2.45, 2.75) is 26.9 Å². The molecule has 0 atom stereocenters. The Morgan fingerprint density at radius 3 is 2.48 bits per heavy atom. The van der Waals surface area contributed by atoms with Crippen LogP contribution < -0.4 is 16.6 Å². The molecule has 0 aliphatic carbocycles. The number of carbonyl (C=O) groups excluding carboxylic acids is 1. The number of hydrogen-bond donors (Lipinski definition) is 1. The van der Waals surface area contributed by atoms with Crippen molar-refractivity contribution in [2.24, 2.45) is 0 Å². The highest BCUT2D eigenvalue weighted by Crippen LogP contribution is 2.06. The third kappa shape index (κ3) is 3.87. The maximum atomic E-state index is 12.6. The lowest BCUT2D eigenvalue weighted by atomic mass is 10.2. The van der Waals surface area contributed by atoms with Crippen molar-refractivity contribution in [3.63, 3.8) is 0 Å². The van der Waals surface area contributed by atoms with Crippen LogP contribution in [0.5, 0.6) is 0 Å². The first-order valence-corrected chi connectivity index (χ1v) is 8.64. The van der Waals surface area contributed by atoms with E-state index >= 15 is 0 Å². The normalized spacial score (nSPS) is 10.6. The average molecular weight is 364 g/mol. The highest BCUT2D eigenvalue weighted by atomic mass is 16.2. The van der Waals surface area contributed by atoms with Crippen LogP contribution in [-0.2, 0) is 13.1 Å². The highest BCUT2D eigenvalue weighted by molar-refractivity contribution is 5.91. The maximum absolute atomic E-state index is 12.6. The molecule has 27 heavy (non-hydrogen) atoms. The van der Waals surface area contributed by atoms with Crippen molar-refractivity contribution in [3.05, 3.63) is 92.3 Å². The molecular weight excluding hydrogens is 344 g/mol. The lowest BCUT2D eigenvalue weighted by Gasteiger charge is -2.11. The standard InChI is InChI=1S/C20H20N4O3/c1-3-23-19(26)17(18(25)21-13-15-9-5-4-6-10-15)22-24(20(23)27)16-11-7-8-14(2)12-16/h4-12H,3,13H2,1-2H3,(H,21,25). The van der Waals surface area contributed by atoms with Crippen LogP contribution in [0.1, 0.15) is 28.5 Å². The summed E-state index contributed by atoms with van der Waals surface area (Å²) in [5.74, 6) is -0.618. The van der Waals surface area contributed by atoms with Crippen LogP contribution in [0.2, 0.25) is 0 Å². The Morgan fingerprint density at radius 2 is 1.81 bits per heavy atom. The monoisotopic (exact) mass is 364 g/mol. The van der Waals surface area contributed by atoms with Gasteiger partial charge in [0.2, 0.25) is 5.69 Å². The van der Waals surface area contributed by atoms with Gasteiger partial charge in [-0.2, -0.15) is 9.78 Å². The first kappa shape index (κ1) is 18.3. The maximum Gasteiger partial charge on any atom is 0.352 e. The second-order valence-electron chi connectivity index (χ2n) is 6.10. The van der Waals surface area contributed by atoms with E-state index < -0.39 is 17.2 Å². The molecule has 0 bridgehead atoms. The molecule has 0 spiro atoms. The Balaban J connectivity index is 2.02. The van der Waals surface area contributed by atoms with Gasteiger partial charge in [-0.3, -0.25) is 14.2 Å². The number of nitrogens with zero attached hydrogens (tertiary/aromatic N) is 3. The molecule has 0 radical (unpaired) electrons. The zero-order chi connectivity index (χ0) is 19.4. The number of nitrogens with one attached hydrogen (secondary N) is 1. The van der Waals surface area contributed by atoms with Crippen LogP contribution in [0.15, 0.2) is 64.2 Å². The van der Waals surface area contributed by atoms with Crippen LogP contribution in [-0.4, -0.2) is 20.3 Å². The lowest BCUT2D eigenvalue weighted by molar-refractivity contribution is 0.0941. The number of aromatic nitrogens is 3. The Hall–Kier alpha value is -3.48. The summed E-state index contributed by atoms with van der Waals surface area (Å²) in [6.07, 6.45) is 0. The second kappa shape index (κ2) is 7.82. The number of carbonyl (C=O) groups is 1. The molecule has 3 rings (SSSR count). The number of amides is 1. The molecule has 1 N–H and O–H groups in total. The molecule has 2 aromatic carbocycles. The smallest absolute Gasteiger partial charge is 0.346 e. The van der Waals surface area contributed by atoms with Crippen LogP contribution in [0.4, 0.5) is 0 Å². The molecular formula is C20H20N4O3. The van der Waals surface area contributed by atoms with Crippen LogP contribution in [0.25, 0.3) is 5.69 Å². The highest BCUT2D eigenvalue weighted by Gasteiger charge is 2.19. The SMILES string of the molecule is CCn1c(=O)c(C(=O)NCc2ccccc2)nn(-c2cccc(C)c2)c1=O. The van der Waals surface area contributed by atoms with Crippen molar-refractivity contribution in [3.8, 4) is 5.69 Å². The van der Waals surface area contributed by atoms with Gasteiger partial charge in [-0.1, -0.05) is 42.5 Å².